The van der Waals surface area contributed by atoms with Gasteiger partial charge in [-0.05, 0) is 93.0 Å². The number of carbonyl (C=O) groups excluding carboxylic acids is 1. The van der Waals surface area contributed by atoms with Crippen LogP contribution in [0, 0.1) is 18.8 Å². The maximum absolute atomic E-state index is 13.4. The lowest BCUT2D eigenvalue weighted by Gasteiger charge is -2.32. The van der Waals surface area contributed by atoms with Gasteiger partial charge in [0.15, 0.2) is 0 Å². The van der Waals surface area contributed by atoms with Gasteiger partial charge >= 0.3 is 5.97 Å². The predicted octanol–water partition coefficient (Wildman–Crippen LogP) is 5.78. The van der Waals surface area contributed by atoms with Gasteiger partial charge in [-0.1, -0.05) is 45.1 Å². The molecule has 3 fully saturated rings. The molecule has 0 radical (unpaired) electrons. The molecule has 1 heterocycles. The maximum Gasteiger partial charge on any atom is 0.306 e. The van der Waals surface area contributed by atoms with Gasteiger partial charge in [-0.25, -0.2) is 0 Å². The molecule has 1 aromatic heterocycles. The van der Waals surface area contributed by atoms with E-state index in [1.807, 2.05) is 27.0 Å². The summed E-state index contributed by atoms with van der Waals surface area (Å²) in [6.45, 7) is 7.99. The van der Waals surface area contributed by atoms with Gasteiger partial charge in [-0.3, -0.25) is 9.59 Å². The number of aliphatic carboxylic acids is 1. The molecule has 2 aromatic rings. The number of hydrogen-bond acceptors (Lipinski definition) is 3. The van der Waals surface area contributed by atoms with Crippen LogP contribution in [-0.4, -0.2) is 32.7 Å². The van der Waals surface area contributed by atoms with Gasteiger partial charge in [-0.2, -0.15) is 0 Å². The van der Waals surface area contributed by atoms with Gasteiger partial charge in [-0.15, -0.1) is 0 Å². The molecule has 1 aromatic carbocycles. The lowest BCUT2D eigenvalue weighted by atomic mass is 9.80. The van der Waals surface area contributed by atoms with Gasteiger partial charge in [0.1, 0.15) is 0 Å². The fourth-order valence-electron chi connectivity index (χ4n) is 6.14. The van der Waals surface area contributed by atoms with Crippen LogP contribution >= 0.6 is 0 Å². The first kappa shape index (κ1) is 26.0. The molecule has 1 amide bonds. The Morgan fingerprint density at radius 2 is 1.78 bits per heavy atom. The Morgan fingerprint density at radius 1 is 1.11 bits per heavy atom. The third-order valence-corrected chi connectivity index (χ3v) is 9.26. The number of amides is 1. The largest absolute Gasteiger partial charge is 0.481 e. The molecule has 3 aliphatic carbocycles. The summed E-state index contributed by atoms with van der Waals surface area (Å²) >= 11 is 0. The average molecular weight is 507 g/mol. The lowest BCUT2D eigenvalue weighted by molar-refractivity contribution is -0.145. The van der Waals surface area contributed by atoms with Crippen LogP contribution in [0.15, 0.2) is 24.4 Å². The van der Waals surface area contributed by atoms with Crippen molar-refractivity contribution in [2.75, 3.05) is 0 Å². The van der Waals surface area contributed by atoms with Crippen molar-refractivity contribution < 1.29 is 19.8 Å². The Morgan fingerprint density at radius 3 is 2.38 bits per heavy atom. The van der Waals surface area contributed by atoms with E-state index in [2.05, 4.69) is 35.0 Å². The van der Waals surface area contributed by atoms with Gasteiger partial charge in [0.2, 0.25) is 0 Å². The second-order valence-corrected chi connectivity index (χ2v) is 12.8. The van der Waals surface area contributed by atoms with Gasteiger partial charge in [0, 0.05) is 23.6 Å². The first-order valence-corrected chi connectivity index (χ1v) is 14.1. The number of carboxylic acids is 1. The Kier molecular flexibility index (Phi) is 6.76. The maximum atomic E-state index is 13.4. The summed E-state index contributed by atoms with van der Waals surface area (Å²) in [7, 11) is 0. The molecule has 5 rings (SSSR count). The Balaban J connectivity index is 1.52. The van der Waals surface area contributed by atoms with E-state index in [0.29, 0.717) is 24.3 Å². The standard InChI is InChI=1S/C31H42N2O4/c1-19-26(28(34)32-24-13-21(14-24)29(35)36)18-33(27(19)12-20-8-6-5-7-9-20)25-16-22(30(2,3)37)15-23(17-25)31(4)10-11-31/h15-18,20-21,24,37H,5-14H2,1-4H3,(H,32,34)(H,35,36)/t21-,24-. The molecule has 0 unspecified atom stereocenters. The minimum atomic E-state index is -0.965. The van der Waals surface area contributed by atoms with Crippen LogP contribution in [-0.2, 0) is 22.2 Å². The first-order chi connectivity index (χ1) is 17.4. The highest BCUT2D eigenvalue weighted by atomic mass is 16.4. The summed E-state index contributed by atoms with van der Waals surface area (Å²) in [5, 5.41) is 23.2. The van der Waals surface area contributed by atoms with Crippen molar-refractivity contribution in [3.63, 3.8) is 0 Å². The molecule has 200 valence electrons. The average Bonchev–Trinajstić information content (AvgIpc) is 3.50. The zero-order chi connectivity index (χ0) is 26.5. The van der Waals surface area contributed by atoms with E-state index in [4.69, 9.17) is 0 Å². The zero-order valence-electron chi connectivity index (χ0n) is 22.8. The monoisotopic (exact) mass is 506 g/mol. The quantitative estimate of drug-likeness (QED) is 0.423. The van der Waals surface area contributed by atoms with Crippen molar-refractivity contribution in [2.24, 2.45) is 11.8 Å². The fourth-order valence-corrected chi connectivity index (χ4v) is 6.14. The molecule has 0 bridgehead atoms. The van der Waals surface area contributed by atoms with Crippen molar-refractivity contribution in [1.82, 2.24) is 9.88 Å². The molecule has 0 saturated heterocycles. The minimum absolute atomic E-state index is 0.0851. The molecule has 37 heavy (non-hydrogen) atoms. The number of carboxylic acid groups (broad SMARTS) is 1. The van der Waals surface area contributed by atoms with E-state index in [9.17, 15) is 19.8 Å². The number of nitrogens with one attached hydrogen (secondary N) is 1. The highest BCUT2D eigenvalue weighted by molar-refractivity contribution is 5.96. The van der Waals surface area contributed by atoms with Crippen LogP contribution in [0.3, 0.4) is 0 Å². The van der Waals surface area contributed by atoms with Gasteiger partial charge < -0.3 is 20.1 Å². The lowest BCUT2D eigenvalue weighted by Crippen LogP contribution is -2.46. The highest BCUT2D eigenvalue weighted by Gasteiger charge is 2.40. The minimum Gasteiger partial charge on any atom is -0.481 e. The van der Waals surface area contributed by atoms with Crippen molar-refractivity contribution in [3.8, 4) is 5.69 Å². The van der Waals surface area contributed by atoms with Crippen molar-refractivity contribution in [2.45, 2.75) is 109 Å². The smallest absolute Gasteiger partial charge is 0.306 e. The SMILES string of the molecule is Cc1c(C(=O)N[C@H]2C[C@H](C(=O)O)C2)cn(-c2cc(C(C)(C)O)cc(C3(C)CC3)c2)c1CC1CCCCC1. The summed E-state index contributed by atoms with van der Waals surface area (Å²) in [6.07, 6.45) is 12.5. The summed E-state index contributed by atoms with van der Waals surface area (Å²) in [5.74, 6) is -0.653. The van der Waals surface area contributed by atoms with Crippen molar-refractivity contribution in [1.29, 1.82) is 0 Å². The molecule has 6 heteroatoms. The number of aromatic nitrogens is 1. The number of carbonyl (C=O) groups is 2. The molecule has 0 spiro atoms. The predicted molar refractivity (Wildman–Crippen MR) is 144 cm³/mol. The van der Waals surface area contributed by atoms with Crippen LogP contribution in [0.25, 0.3) is 5.69 Å². The number of aliphatic hydroxyl groups is 1. The molecule has 3 saturated carbocycles. The Hall–Kier alpha value is -2.60. The second kappa shape index (κ2) is 9.61. The van der Waals surface area contributed by atoms with Gasteiger partial charge in [0.05, 0.1) is 17.1 Å². The van der Waals surface area contributed by atoms with Crippen LogP contribution in [0.5, 0.6) is 0 Å². The molecule has 0 atom stereocenters. The van der Waals surface area contributed by atoms with E-state index >= 15 is 0 Å². The van der Waals surface area contributed by atoms with Gasteiger partial charge in [0.25, 0.3) is 5.91 Å². The highest BCUT2D eigenvalue weighted by Crippen LogP contribution is 2.49. The number of benzene rings is 1. The van der Waals surface area contributed by atoms with E-state index in [-0.39, 0.29) is 23.3 Å². The molecule has 6 nitrogen and oxygen atoms in total. The molecular formula is C31H42N2O4. The van der Waals surface area contributed by atoms with Crippen molar-refractivity contribution >= 4 is 11.9 Å². The zero-order valence-corrected chi connectivity index (χ0v) is 22.8. The third-order valence-electron chi connectivity index (χ3n) is 9.26. The normalized spacial score (nSPS) is 23.4. The molecule has 0 aliphatic heterocycles. The Labute approximate surface area is 220 Å². The number of nitrogens with zero attached hydrogens (tertiary/aromatic N) is 1. The van der Waals surface area contributed by atoms with E-state index in [1.165, 1.54) is 43.4 Å². The van der Waals surface area contributed by atoms with Crippen LogP contribution in [0.1, 0.15) is 111 Å². The number of rotatable bonds is 8. The summed E-state index contributed by atoms with van der Waals surface area (Å²) in [6, 6.07) is 6.39. The molecular weight excluding hydrogens is 464 g/mol. The van der Waals surface area contributed by atoms with Crippen LogP contribution in [0.4, 0.5) is 0 Å². The summed E-state index contributed by atoms with van der Waals surface area (Å²) < 4.78 is 2.20. The topological polar surface area (TPSA) is 91.6 Å². The van der Waals surface area contributed by atoms with Crippen LogP contribution in [0.2, 0.25) is 0 Å². The summed E-state index contributed by atoms with van der Waals surface area (Å²) in [4.78, 5) is 24.6. The number of hydrogen-bond donors (Lipinski definition) is 3. The third kappa shape index (κ3) is 5.36. The first-order valence-electron chi connectivity index (χ1n) is 14.1. The Bertz CT molecular complexity index is 1170. The summed E-state index contributed by atoms with van der Waals surface area (Å²) in [5.41, 5.74) is 5.17. The van der Waals surface area contributed by atoms with E-state index < -0.39 is 11.6 Å². The van der Waals surface area contributed by atoms with E-state index in [0.717, 1.165) is 36.1 Å². The molecule has 3 N–H and O–H groups in total. The van der Waals surface area contributed by atoms with Crippen molar-refractivity contribution in [3.05, 3.63) is 52.3 Å². The second-order valence-electron chi connectivity index (χ2n) is 12.8. The fraction of sp³-hybridized carbons (Fsp3) is 0.613. The van der Waals surface area contributed by atoms with E-state index in [1.54, 1.807) is 0 Å². The molecule has 3 aliphatic rings. The van der Waals surface area contributed by atoms with Crippen LogP contribution < -0.4 is 5.32 Å².